The average molecular weight is 267 g/mol. The normalized spacial score (nSPS) is 21.8. The minimum absolute atomic E-state index is 0.348. The smallest absolute Gasteiger partial charge is 0.271 e. The second-order valence-electron chi connectivity index (χ2n) is 4.89. The highest BCUT2D eigenvalue weighted by Crippen LogP contribution is 2.37. The van der Waals surface area contributed by atoms with E-state index >= 15 is 0 Å². The number of hydrogen-bond donors (Lipinski definition) is 1. The minimum Gasteiger partial charge on any atom is -0.373 e. The Kier molecular flexibility index (Phi) is 2.69. The third-order valence-corrected chi connectivity index (χ3v) is 3.47. The van der Waals surface area contributed by atoms with Crippen LogP contribution in [0.2, 0.25) is 0 Å². The van der Waals surface area contributed by atoms with Gasteiger partial charge in [-0.25, -0.2) is 0 Å². The molecule has 2 aromatic carbocycles. The van der Waals surface area contributed by atoms with E-state index in [-0.39, 0.29) is 0 Å². The van der Waals surface area contributed by atoms with Gasteiger partial charge in [-0.15, -0.1) is 0 Å². The molecule has 1 aliphatic rings. The zero-order valence-corrected chi connectivity index (χ0v) is 10.9. The summed E-state index contributed by atoms with van der Waals surface area (Å²) in [5.41, 5.74) is -0.566. The second kappa shape index (κ2) is 4.28. The first kappa shape index (κ1) is 12.6. The SMILES string of the molecule is C[C@@]1(O)C(=O)c2ccccc2N(c2ccccc2)C1=O. The lowest BCUT2D eigenvalue weighted by atomic mass is 9.87. The molecule has 0 saturated carbocycles. The number of fused-ring (bicyclic) bond motifs is 1. The first-order chi connectivity index (χ1) is 9.53. The van der Waals surface area contributed by atoms with Gasteiger partial charge in [0.25, 0.3) is 5.91 Å². The number of carbonyl (C=O) groups is 2. The van der Waals surface area contributed by atoms with Crippen LogP contribution in [0.15, 0.2) is 54.6 Å². The van der Waals surface area contributed by atoms with Crippen molar-refractivity contribution in [2.45, 2.75) is 12.5 Å². The average Bonchev–Trinajstić information content (AvgIpc) is 2.47. The Morgan fingerprint density at radius 1 is 0.950 bits per heavy atom. The van der Waals surface area contributed by atoms with Crippen molar-refractivity contribution < 1.29 is 14.7 Å². The van der Waals surface area contributed by atoms with Crippen LogP contribution in [-0.4, -0.2) is 22.4 Å². The van der Waals surface area contributed by atoms with Gasteiger partial charge in [0.15, 0.2) is 0 Å². The molecule has 20 heavy (non-hydrogen) atoms. The monoisotopic (exact) mass is 267 g/mol. The predicted molar refractivity (Wildman–Crippen MR) is 75.0 cm³/mol. The Labute approximate surface area is 116 Å². The maximum absolute atomic E-state index is 12.5. The summed E-state index contributed by atoms with van der Waals surface area (Å²) in [4.78, 5) is 26.1. The van der Waals surface area contributed by atoms with Crippen molar-refractivity contribution in [1.29, 1.82) is 0 Å². The molecule has 1 aliphatic heterocycles. The molecule has 1 N–H and O–H groups in total. The van der Waals surface area contributed by atoms with Crippen molar-refractivity contribution >= 4 is 23.1 Å². The van der Waals surface area contributed by atoms with E-state index < -0.39 is 17.3 Å². The van der Waals surface area contributed by atoms with E-state index in [0.29, 0.717) is 16.9 Å². The highest BCUT2D eigenvalue weighted by atomic mass is 16.3. The van der Waals surface area contributed by atoms with Crippen LogP contribution in [0.3, 0.4) is 0 Å². The summed E-state index contributed by atoms with van der Waals surface area (Å²) in [6, 6.07) is 15.8. The number of benzene rings is 2. The molecule has 0 fully saturated rings. The quantitative estimate of drug-likeness (QED) is 0.806. The van der Waals surface area contributed by atoms with Gasteiger partial charge in [-0.3, -0.25) is 14.5 Å². The van der Waals surface area contributed by atoms with E-state index in [1.165, 1.54) is 11.8 Å². The Morgan fingerprint density at radius 3 is 2.25 bits per heavy atom. The second-order valence-corrected chi connectivity index (χ2v) is 4.89. The van der Waals surface area contributed by atoms with E-state index in [1.54, 1.807) is 48.5 Å². The lowest BCUT2D eigenvalue weighted by molar-refractivity contribution is -0.130. The van der Waals surface area contributed by atoms with Crippen LogP contribution < -0.4 is 4.90 Å². The van der Waals surface area contributed by atoms with Gasteiger partial charge >= 0.3 is 0 Å². The number of rotatable bonds is 1. The Hall–Kier alpha value is -2.46. The highest BCUT2D eigenvalue weighted by molar-refractivity contribution is 6.28. The number of nitrogens with zero attached hydrogens (tertiary/aromatic N) is 1. The molecule has 0 saturated heterocycles. The van der Waals surface area contributed by atoms with Gasteiger partial charge in [0.1, 0.15) is 0 Å². The maximum Gasteiger partial charge on any atom is 0.271 e. The van der Waals surface area contributed by atoms with Gasteiger partial charge in [-0.05, 0) is 31.2 Å². The molecular weight excluding hydrogens is 254 g/mol. The first-order valence-corrected chi connectivity index (χ1v) is 6.29. The fourth-order valence-electron chi connectivity index (χ4n) is 2.38. The molecule has 0 aliphatic carbocycles. The number of ketones is 1. The number of carbonyl (C=O) groups excluding carboxylic acids is 2. The predicted octanol–water partition coefficient (Wildman–Crippen LogP) is 2.30. The van der Waals surface area contributed by atoms with E-state index in [0.717, 1.165) is 0 Å². The van der Waals surface area contributed by atoms with Crippen LogP contribution in [0.25, 0.3) is 0 Å². The number of para-hydroxylation sites is 2. The highest BCUT2D eigenvalue weighted by Gasteiger charge is 2.48. The third-order valence-electron chi connectivity index (χ3n) is 3.47. The molecule has 0 aromatic heterocycles. The molecule has 0 radical (unpaired) electrons. The standard InChI is InChI=1S/C16H13NO3/c1-16(20)14(18)12-9-5-6-10-13(12)17(15(16)19)11-7-3-2-4-8-11/h2-10,20H,1H3/t16-/m1/s1. The fraction of sp³-hybridized carbons (Fsp3) is 0.125. The minimum atomic E-state index is -2.04. The van der Waals surface area contributed by atoms with Gasteiger partial charge in [0, 0.05) is 11.3 Å². The van der Waals surface area contributed by atoms with Crippen LogP contribution in [-0.2, 0) is 4.79 Å². The summed E-state index contributed by atoms with van der Waals surface area (Å²) in [7, 11) is 0. The fourth-order valence-corrected chi connectivity index (χ4v) is 2.38. The van der Waals surface area contributed by atoms with Crippen molar-refractivity contribution in [2.24, 2.45) is 0 Å². The molecule has 4 heteroatoms. The summed E-state index contributed by atoms with van der Waals surface area (Å²) >= 11 is 0. The molecule has 1 atom stereocenters. The van der Waals surface area contributed by atoms with E-state index in [4.69, 9.17) is 0 Å². The first-order valence-electron chi connectivity index (χ1n) is 6.29. The summed E-state index contributed by atoms with van der Waals surface area (Å²) in [5.74, 6) is -1.20. The summed E-state index contributed by atoms with van der Waals surface area (Å²) < 4.78 is 0. The van der Waals surface area contributed by atoms with Crippen molar-refractivity contribution in [3.8, 4) is 0 Å². The molecule has 0 unspecified atom stereocenters. The number of hydrogen-bond acceptors (Lipinski definition) is 3. The summed E-state index contributed by atoms with van der Waals surface area (Å²) in [6.07, 6.45) is 0. The topological polar surface area (TPSA) is 57.6 Å². The Morgan fingerprint density at radius 2 is 1.55 bits per heavy atom. The van der Waals surface area contributed by atoms with Crippen LogP contribution in [0.5, 0.6) is 0 Å². The molecular formula is C16H13NO3. The van der Waals surface area contributed by atoms with E-state index in [9.17, 15) is 14.7 Å². The van der Waals surface area contributed by atoms with Crippen molar-refractivity contribution in [3.63, 3.8) is 0 Å². The number of anilines is 2. The van der Waals surface area contributed by atoms with Gasteiger partial charge in [-0.1, -0.05) is 30.3 Å². The number of Topliss-reactive ketones (excluding diaryl/α,β-unsaturated/α-hetero) is 1. The number of aliphatic hydroxyl groups is 1. The van der Waals surface area contributed by atoms with Gasteiger partial charge in [-0.2, -0.15) is 0 Å². The number of amides is 1. The molecule has 100 valence electrons. The summed E-state index contributed by atoms with van der Waals surface area (Å²) in [6.45, 7) is 1.24. The van der Waals surface area contributed by atoms with Crippen LogP contribution in [0.4, 0.5) is 11.4 Å². The molecule has 0 spiro atoms. The van der Waals surface area contributed by atoms with Crippen molar-refractivity contribution in [2.75, 3.05) is 4.90 Å². The zero-order valence-electron chi connectivity index (χ0n) is 10.9. The van der Waals surface area contributed by atoms with Crippen LogP contribution >= 0.6 is 0 Å². The largest absolute Gasteiger partial charge is 0.373 e. The molecule has 1 amide bonds. The maximum atomic E-state index is 12.5. The van der Waals surface area contributed by atoms with Gasteiger partial charge in [0.05, 0.1) is 5.69 Å². The van der Waals surface area contributed by atoms with Crippen molar-refractivity contribution in [3.05, 3.63) is 60.2 Å². The van der Waals surface area contributed by atoms with Gasteiger partial charge in [0.2, 0.25) is 11.4 Å². The lowest BCUT2D eigenvalue weighted by Gasteiger charge is -2.36. The Bertz CT molecular complexity index is 692. The van der Waals surface area contributed by atoms with E-state index in [1.807, 2.05) is 6.07 Å². The molecule has 4 nitrogen and oxygen atoms in total. The lowest BCUT2D eigenvalue weighted by Crippen LogP contribution is -2.54. The van der Waals surface area contributed by atoms with Crippen LogP contribution in [0.1, 0.15) is 17.3 Å². The Balaban J connectivity index is 2.26. The van der Waals surface area contributed by atoms with Crippen molar-refractivity contribution in [1.82, 2.24) is 0 Å². The molecule has 0 bridgehead atoms. The van der Waals surface area contributed by atoms with E-state index in [2.05, 4.69) is 0 Å². The third kappa shape index (κ3) is 1.66. The molecule has 3 rings (SSSR count). The summed E-state index contributed by atoms with van der Waals surface area (Å²) in [5, 5.41) is 10.2. The molecule has 2 aromatic rings. The van der Waals surface area contributed by atoms with Crippen LogP contribution in [0, 0.1) is 0 Å². The molecule has 1 heterocycles. The zero-order chi connectivity index (χ0) is 14.3. The van der Waals surface area contributed by atoms with Gasteiger partial charge < -0.3 is 5.11 Å².